The first-order valence-electron chi connectivity index (χ1n) is 6.30. The number of hydrogen-bond acceptors (Lipinski definition) is 4. The summed E-state index contributed by atoms with van der Waals surface area (Å²) < 4.78 is 13.6. The van der Waals surface area contributed by atoms with Crippen LogP contribution in [-0.4, -0.2) is 21.9 Å². The first kappa shape index (κ1) is 12.6. The minimum Gasteiger partial charge on any atom is -0.369 e. The van der Waals surface area contributed by atoms with E-state index < -0.39 is 5.82 Å². The molecule has 3 N–H and O–H groups in total. The zero-order valence-corrected chi connectivity index (χ0v) is 10.9. The van der Waals surface area contributed by atoms with Gasteiger partial charge in [-0.05, 0) is 42.7 Å². The minimum absolute atomic E-state index is 0.0253. The second-order valence-electron chi connectivity index (χ2n) is 5.27. The van der Waals surface area contributed by atoms with Crippen LogP contribution in [0.5, 0.6) is 0 Å². The summed E-state index contributed by atoms with van der Waals surface area (Å²) >= 11 is 5.66. The SMILES string of the molecule is NC(=O)C1C2CCC(C2)C1Nc1nc(Cl)ncc1F. The normalized spacial score (nSPS) is 32.5. The van der Waals surface area contributed by atoms with E-state index in [1.165, 1.54) is 0 Å². The Hall–Kier alpha value is -1.43. The van der Waals surface area contributed by atoms with E-state index in [2.05, 4.69) is 15.3 Å². The van der Waals surface area contributed by atoms with Gasteiger partial charge in [0.2, 0.25) is 11.2 Å². The minimum atomic E-state index is -0.574. The lowest BCUT2D eigenvalue weighted by Gasteiger charge is -2.30. The summed E-state index contributed by atoms with van der Waals surface area (Å²) in [5.74, 6) is -0.465. The number of nitrogens with one attached hydrogen (secondary N) is 1. The number of carbonyl (C=O) groups is 1. The topological polar surface area (TPSA) is 80.9 Å². The van der Waals surface area contributed by atoms with E-state index in [0.29, 0.717) is 11.8 Å². The summed E-state index contributed by atoms with van der Waals surface area (Å²) in [6.45, 7) is 0. The average molecular weight is 285 g/mol. The van der Waals surface area contributed by atoms with Crippen molar-refractivity contribution in [1.29, 1.82) is 0 Å². The van der Waals surface area contributed by atoms with Gasteiger partial charge in [0.05, 0.1) is 12.1 Å². The van der Waals surface area contributed by atoms with Gasteiger partial charge in [-0.25, -0.2) is 9.37 Å². The molecule has 4 unspecified atom stereocenters. The Labute approximate surface area is 114 Å². The Morgan fingerprint density at radius 1 is 1.47 bits per heavy atom. The van der Waals surface area contributed by atoms with Crippen LogP contribution in [0, 0.1) is 23.6 Å². The molecule has 2 fully saturated rings. The molecule has 0 aliphatic heterocycles. The lowest BCUT2D eigenvalue weighted by atomic mass is 9.84. The van der Waals surface area contributed by atoms with E-state index in [9.17, 15) is 9.18 Å². The van der Waals surface area contributed by atoms with Crippen LogP contribution in [0.2, 0.25) is 5.28 Å². The van der Waals surface area contributed by atoms with Crippen molar-refractivity contribution < 1.29 is 9.18 Å². The Bertz CT molecular complexity index is 526. The highest BCUT2D eigenvalue weighted by atomic mass is 35.5. The monoisotopic (exact) mass is 284 g/mol. The van der Waals surface area contributed by atoms with Gasteiger partial charge in [0.25, 0.3) is 0 Å². The molecule has 1 aromatic heterocycles. The van der Waals surface area contributed by atoms with Gasteiger partial charge < -0.3 is 11.1 Å². The number of primary amides is 1. The van der Waals surface area contributed by atoms with Gasteiger partial charge in [0, 0.05) is 6.04 Å². The third kappa shape index (κ3) is 2.14. The van der Waals surface area contributed by atoms with Crippen LogP contribution in [-0.2, 0) is 4.79 Å². The van der Waals surface area contributed by atoms with Crippen LogP contribution in [0.1, 0.15) is 19.3 Å². The molecule has 5 nitrogen and oxygen atoms in total. The van der Waals surface area contributed by atoms with Gasteiger partial charge in [0.1, 0.15) is 0 Å². The molecule has 2 aliphatic carbocycles. The van der Waals surface area contributed by atoms with E-state index in [-0.39, 0.29) is 29.0 Å². The summed E-state index contributed by atoms with van der Waals surface area (Å²) in [5, 5.41) is 2.98. The fourth-order valence-electron chi connectivity index (χ4n) is 3.51. The number of carbonyl (C=O) groups excluding carboxylic acids is 1. The Morgan fingerprint density at radius 2 is 2.21 bits per heavy atom. The zero-order valence-electron chi connectivity index (χ0n) is 10.1. The molecular weight excluding hydrogens is 271 g/mol. The summed E-state index contributed by atoms with van der Waals surface area (Å²) in [5.41, 5.74) is 5.46. The number of aromatic nitrogens is 2. The lowest BCUT2D eigenvalue weighted by molar-refractivity contribution is -0.123. The molecule has 3 rings (SSSR count). The second kappa shape index (κ2) is 4.59. The van der Waals surface area contributed by atoms with Crippen molar-refractivity contribution in [3.05, 3.63) is 17.3 Å². The molecule has 0 spiro atoms. The summed E-state index contributed by atoms with van der Waals surface area (Å²) in [6, 6.07) is -0.156. The molecule has 2 saturated carbocycles. The van der Waals surface area contributed by atoms with Crippen molar-refractivity contribution in [3.63, 3.8) is 0 Å². The third-order valence-corrected chi connectivity index (χ3v) is 4.45. The maximum Gasteiger partial charge on any atom is 0.224 e. The highest BCUT2D eigenvalue weighted by Gasteiger charge is 2.50. The molecule has 0 saturated heterocycles. The predicted octanol–water partition coefficient (Wildman–Crippen LogP) is 1.58. The number of amides is 1. The van der Waals surface area contributed by atoms with E-state index >= 15 is 0 Å². The van der Waals surface area contributed by atoms with Gasteiger partial charge in [0.15, 0.2) is 11.6 Å². The maximum absolute atomic E-state index is 13.6. The standard InChI is InChI=1S/C12H14ClFN4O/c13-12-16-4-7(14)11(18-12)17-9-6-2-1-5(3-6)8(9)10(15)19/h4-6,8-9H,1-3H2,(H2,15,19)(H,16,17,18). The van der Waals surface area contributed by atoms with Crippen molar-refractivity contribution >= 4 is 23.3 Å². The number of nitrogens with two attached hydrogens (primary N) is 1. The molecule has 0 radical (unpaired) electrons. The van der Waals surface area contributed by atoms with Gasteiger partial charge in [-0.1, -0.05) is 0 Å². The number of nitrogens with zero attached hydrogens (tertiary/aromatic N) is 2. The van der Waals surface area contributed by atoms with E-state index in [1.807, 2.05) is 0 Å². The molecule has 1 aromatic rings. The van der Waals surface area contributed by atoms with Crippen molar-refractivity contribution in [2.24, 2.45) is 23.5 Å². The predicted molar refractivity (Wildman–Crippen MR) is 67.9 cm³/mol. The summed E-state index contributed by atoms with van der Waals surface area (Å²) in [7, 11) is 0. The number of hydrogen-bond donors (Lipinski definition) is 2. The molecule has 7 heteroatoms. The molecule has 102 valence electrons. The van der Waals surface area contributed by atoms with Crippen LogP contribution in [0.15, 0.2) is 6.20 Å². The smallest absolute Gasteiger partial charge is 0.224 e. The molecule has 19 heavy (non-hydrogen) atoms. The van der Waals surface area contributed by atoms with Crippen LogP contribution in [0.25, 0.3) is 0 Å². The zero-order chi connectivity index (χ0) is 13.6. The fourth-order valence-corrected chi connectivity index (χ4v) is 3.65. The van der Waals surface area contributed by atoms with Gasteiger partial charge in [-0.2, -0.15) is 4.98 Å². The molecule has 1 amide bonds. The summed E-state index contributed by atoms with van der Waals surface area (Å²) in [4.78, 5) is 19.0. The van der Waals surface area contributed by atoms with Crippen LogP contribution in [0.4, 0.5) is 10.2 Å². The Morgan fingerprint density at radius 3 is 2.95 bits per heavy atom. The van der Waals surface area contributed by atoms with E-state index in [0.717, 1.165) is 25.5 Å². The van der Waals surface area contributed by atoms with Crippen LogP contribution < -0.4 is 11.1 Å². The Kier molecular flexibility index (Phi) is 3.05. The third-order valence-electron chi connectivity index (χ3n) is 4.26. The van der Waals surface area contributed by atoms with Crippen molar-refractivity contribution in [3.8, 4) is 0 Å². The number of fused-ring (bicyclic) bond motifs is 2. The quantitative estimate of drug-likeness (QED) is 0.826. The number of anilines is 1. The highest BCUT2D eigenvalue weighted by molar-refractivity contribution is 6.28. The summed E-state index contributed by atoms with van der Waals surface area (Å²) in [6.07, 6.45) is 4.03. The molecule has 2 bridgehead atoms. The molecule has 0 aromatic carbocycles. The van der Waals surface area contributed by atoms with Gasteiger partial charge in [-0.3, -0.25) is 4.79 Å². The average Bonchev–Trinajstić information content (AvgIpc) is 2.94. The number of halogens is 2. The van der Waals surface area contributed by atoms with Crippen LogP contribution >= 0.6 is 11.6 Å². The largest absolute Gasteiger partial charge is 0.369 e. The van der Waals surface area contributed by atoms with Crippen LogP contribution in [0.3, 0.4) is 0 Å². The molecule has 4 atom stereocenters. The number of rotatable bonds is 3. The van der Waals surface area contributed by atoms with Gasteiger partial charge >= 0.3 is 0 Å². The lowest BCUT2D eigenvalue weighted by Crippen LogP contribution is -2.42. The fraction of sp³-hybridized carbons (Fsp3) is 0.583. The van der Waals surface area contributed by atoms with E-state index in [1.54, 1.807) is 0 Å². The van der Waals surface area contributed by atoms with Crippen molar-refractivity contribution in [1.82, 2.24) is 9.97 Å². The molecular formula is C12H14ClFN4O. The van der Waals surface area contributed by atoms with Crippen molar-refractivity contribution in [2.45, 2.75) is 25.3 Å². The first-order valence-corrected chi connectivity index (χ1v) is 6.68. The highest BCUT2D eigenvalue weighted by Crippen LogP contribution is 2.49. The van der Waals surface area contributed by atoms with E-state index in [4.69, 9.17) is 17.3 Å². The molecule has 1 heterocycles. The Balaban J connectivity index is 1.85. The maximum atomic E-state index is 13.6. The van der Waals surface area contributed by atoms with Crippen molar-refractivity contribution in [2.75, 3.05) is 5.32 Å². The first-order chi connectivity index (χ1) is 9.06. The second-order valence-corrected chi connectivity index (χ2v) is 5.61. The molecule has 2 aliphatic rings. The van der Waals surface area contributed by atoms with Gasteiger partial charge in [-0.15, -0.1) is 0 Å².